The maximum absolute atomic E-state index is 5.17. The van der Waals surface area contributed by atoms with E-state index in [0.717, 1.165) is 16.1 Å². The quantitative estimate of drug-likeness (QED) is 0.674. The number of para-hydroxylation sites is 1. The lowest BCUT2D eigenvalue weighted by molar-refractivity contribution is 1.21. The Labute approximate surface area is 82.0 Å². The number of aromatic amines is 1. The monoisotopic (exact) mass is 190 g/mol. The molecule has 0 saturated carbocycles. The van der Waals surface area contributed by atoms with E-state index in [1.54, 1.807) is 0 Å². The number of rotatable bonds is 1. The zero-order valence-corrected chi connectivity index (χ0v) is 8.11. The minimum atomic E-state index is 0.775. The summed E-state index contributed by atoms with van der Waals surface area (Å²) in [6.07, 6.45) is 1.93. The van der Waals surface area contributed by atoms with Crippen LogP contribution in [0.4, 0.5) is 0 Å². The Hall–Kier alpha value is -1.35. The van der Waals surface area contributed by atoms with Crippen LogP contribution in [0.5, 0.6) is 0 Å². The van der Waals surface area contributed by atoms with Gasteiger partial charge in [-0.25, -0.2) is 0 Å². The minimum absolute atomic E-state index is 0.775. The highest BCUT2D eigenvalue weighted by Gasteiger charge is 2.05. The number of H-pyrrole nitrogens is 1. The average Bonchev–Trinajstić information content (AvgIpc) is 2.60. The molecular formula is C10H10N2S. The van der Waals surface area contributed by atoms with Gasteiger partial charge in [0, 0.05) is 29.7 Å². The molecule has 13 heavy (non-hydrogen) atoms. The number of benzene rings is 1. The van der Waals surface area contributed by atoms with Gasteiger partial charge in [-0.05, 0) is 6.07 Å². The van der Waals surface area contributed by atoms with Gasteiger partial charge >= 0.3 is 0 Å². The van der Waals surface area contributed by atoms with Gasteiger partial charge in [-0.1, -0.05) is 30.4 Å². The van der Waals surface area contributed by atoms with Crippen molar-refractivity contribution >= 4 is 28.1 Å². The first-order chi connectivity index (χ1) is 6.33. The third-order valence-electron chi connectivity index (χ3n) is 2.06. The lowest BCUT2D eigenvalue weighted by Crippen LogP contribution is -2.15. The van der Waals surface area contributed by atoms with Crippen molar-refractivity contribution in [3.63, 3.8) is 0 Å². The van der Waals surface area contributed by atoms with E-state index in [2.05, 4.69) is 16.4 Å². The number of hydrogen-bond donors (Lipinski definition) is 2. The van der Waals surface area contributed by atoms with Gasteiger partial charge in [0.15, 0.2) is 0 Å². The molecule has 0 atom stereocenters. The molecule has 1 aromatic heterocycles. The molecule has 0 amide bonds. The minimum Gasteiger partial charge on any atom is -0.379 e. The van der Waals surface area contributed by atoms with Crippen LogP contribution in [0.2, 0.25) is 0 Å². The van der Waals surface area contributed by atoms with E-state index < -0.39 is 0 Å². The summed E-state index contributed by atoms with van der Waals surface area (Å²) in [5.41, 5.74) is 2.18. The van der Waals surface area contributed by atoms with Crippen LogP contribution in [0.1, 0.15) is 5.56 Å². The summed E-state index contributed by atoms with van der Waals surface area (Å²) in [7, 11) is 1.84. The summed E-state index contributed by atoms with van der Waals surface area (Å²) in [6, 6.07) is 8.12. The van der Waals surface area contributed by atoms with Gasteiger partial charge in [0.2, 0.25) is 0 Å². The highest BCUT2D eigenvalue weighted by Crippen LogP contribution is 2.17. The molecule has 0 bridgehead atoms. The van der Waals surface area contributed by atoms with Crippen LogP contribution in [0, 0.1) is 0 Å². The van der Waals surface area contributed by atoms with Crippen molar-refractivity contribution in [3.8, 4) is 0 Å². The van der Waals surface area contributed by atoms with E-state index in [4.69, 9.17) is 12.2 Å². The molecule has 2 rings (SSSR count). The summed E-state index contributed by atoms with van der Waals surface area (Å²) in [6.45, 7) is 0. The van der Waals surface area contributed by atoms with Crippen LogP contribution in [-0.2, 0) is 0 Å². The molecule has 0 aliphatic heterocycles. The van der Waals surface area contributed by atoms with Gasteiger partial charge in [0.05, 0.1) is 0 Å². The molecule has 1 heterocycles. The first-order valence-electron chi connectivity index (χ1n) is 4.11. The molecule has 0 unspecified atom stereocenters. The molecule has 3 heteroatoms. The fourth-order valence-corrected chi connectivity index (χ4v) is 1.56. The zero-order chi connectivity index (χ0) is 9.26. The van der Waals surface area contributed by atoms with Gasteiger partial charge in [-0.2, -0.15) is 0 Å². The zero-order valence-electron chi connectivity index (χ0n) is 7.29. The number of aromatic nitrogens is 1. The number of fused-ring (bicyclic) bond motifs is 1. The first kappa shape index (κ1) is 8.26. The Morgan fingerprint density at radius 2 is 2.15 bits per heavy atom. The number of thiocarbonyl (C=S) groups is 1. The fraction of sp³-hybridized carbons (Fsp3) is 0.100. The lowest BCUT2D eigenvalue weighted by Gasteiger charge is -1.99. The molecule has 0 saturated heterocycles. The molecule has 2 nitrogen and oxygen atoms in total. The first-order valence-corrected chi connectivity index (χ1v) is 4.52. The van der Waals surface area contributed by atoms with E-state index in [1.807, 2.05) is 31.4 Å². The number of nitrogens with one attached hydrogen (secondary N) is 2. The van der Waals surface area contributed by atoms with Crippen molar-refractivity contribution in [1.29, 1.82) is 0 Å². The normalized spacial score (nSPS) is 10.2. The Bertz CT molecular complexity index is 445. The van der Waals surface area contributed by atoms with Gasteiger partial charge in [0.25, 0.3) is 0 Å². The molecule has 2 N–H and O–H groups in total. The average molecular weight is 190 g/mol. The molecule has 2 aromatic rings. The van der Waals surface area contributed by atoms with E-state index >= 15 is 0 Å². The maximum Gasteiger partial charge on any atom is 0.108 e. The third kappa shape index (κ3) is 1.31. The van der Waals surface area contributed by atoms with Crippen molar-refractivity contribution in [2.75, 3.05) is 7.05 Å². The Balaban J connectivity index is 2.64. The smallest absolute Gasteiger partial charge is 0.108 e. The Morgan fingerprint density at radius 1 is 1.38 bits per heavy atom. The summed E-state index contributed by atoms with van der Waals surface area (Å²) < 4.78 is 0. The predicted molar refractivity (Wildman–Crippen MR) is 59.1 cm³/mol. The SMILES string of the molecule is CNC(=S)c1c[nH]c2ccccc12. The van der Waals surface area contributed by atoms with E-state index in [1.165, 1.54) is 5.39 Å². The van der Waals surface area contributed by atoms with Crippen LogP contribution in [-0.4, -0.2) is 17.0 Å². The molecule has 0 aliphatic rings. The van der Waals surface area contributed by atoms with Crippen LogP contribution >= 0.6 is 12.2 Å². The summed E-state index contributed by atoms with van der Waals surface area (Å²) in [5.74, 6) is 0. The molecule has 0 spiro atoms. The Morgan fingerprint density at radius 3 is 2.92 bits per heavy atom. The summed E-state index contributed by atoms with van der Waals surface area (Å²) in [5, 5.41) is 4.14. The second-order valence-corrected chi connectivity index (χ2v) is 3.24. The van der Waals surface area contributed by atoms with Crippen LogP contribution in [0.25, 0.3) is 10.9 Å². The molecule has 0 fully saturated rings. The van der Waals surface area contributed by atoms with Gasteiger partial charge in [0.1, 0.15) is 4.99 Å². The standard InChI is InChI=1S/C10H10N2S/c1-11-10(13)8-6-12-9-5-3-2-4-7(8)9/h2-6,12H,1H3,(H,11,13). The van der Waals surface area contributed by atoms with E-state index in [9.17, 15) is 0 Å². The summed E-state index contributed by atoms with van der Waals surface area (Å²) >= 11 is 5.17. The molecule has 0 aliphatic carbocycles. The number of hydrogen-bond acceptors (Lipinski definition) is 1. The lowest BCUT2D eigenvalue weighted by atomic mass is 10.2. The molecule has 1 aromatic carbocycles. The predicted octanol–water partition coefficient (Wildman–Crippen LogP) is 2.06. The van der Waals surface area contributed by atoms with Gasteiger partial charge in [-0.15, -0.1) is 0 Å². The fourth-order valence-electron chi connectivity index (χ4n) is 1.39. The van der Waals surface area contributed by atoms with Crippen molar-refractivity contribution in [3.05, 3.63) is 36.0 Å². The van der Waals surface area contributed by atoms with Crippen LogP contribution < -0.4 is 5.32 Å². The third-order valence-corrected chi connectivity index (χ3v) is 2.48. The summed E-state index contributed by atoms with van der Waals surface area (Å²) in [4.78, 5) is 3.95. The van der Waals surface area contributed by atoms with Crippen molar-refractivity contribution in [1.82, 2.24) is 10.3 Å². The van der Waals surface area contributed by atoms with Crippen molar-refractivity contribution in [2.24, 2.45) is 0 Å². The van der Waals surface area contributed by atoms with Crippen molar-refractivity contribution < 1.29 is 0 Å². The molecule has 0 radical (unpaired) electrons. The van der Waals surface area contributed by atoms with Gasteiger partial charge < -0.3 is 10.3 Å². The van der Waals surface area contributed by atoms with Crippen LogP contribution in [0.3, 0.4) is 0 Å². The van der Waals surface area contributed by atoms with Gasteiger partial charge in [-0.3, -0.25) is 0 Å². The highest BCUT2D eigenvalue weighted by atomic mass is 32.1. The molecular weight excluding hydrogens is 180 g/mol. The second kappa shape index (κ2) is 3.18. The Kier molecular flexibility index (Phi) is 2.02. The largest absolute Gasteiger partial charge is 0.379 e. The van der Waals surface area contributed by atoms with E-state index in [0.29, 0.717) is 0 Å². The van der Waals surface area contributed by atoms with Crippen LogP contribution in [0.15, 0.2) is 30.5 Å². The topological polar surface area (TPSA) is 27.8 Å². The highest BCUT2D eigenvalue weighted by molar-refractivity contribution is 7.80. The second-order valence-electron chi connectivity index (χ2n) is 2.83. The molecule has 66 valence electrons. The van der Waals surface area contributed by atoms with E-state index in [-0.39, 0.29) is 0 Å². The maximum atomic E-state index is 5.17. The van der Waals surface area contributed by atoms with Crippen molar-refractivity contribution in [2.45, 2.75) is 0 Å².